The largest absolute Gasteiger partial charge is 0.508 e. The molecule has 0 saturated carbocycles. The SMILES string of the molecule is CCCOC(CNC(C)(C)C(O)C(C)OC(C)OC1C(Oc2c3cc4cc2Oc2ccc(cc2Cl)[C@@H](O)CC(=O)N[C@@H](C(=O)O)c2cc(O)cc(O)c2-c2cc(ccc2O)[C@H](C(N)=O)NC(=O)[C@@H]4NC(=O)[C@H](CC(N)=O)NC(=O)C(NC(=O)CCC(C)C)[C@H](O)c2ccc(c(Cl)c2)O3)OC(CO)C(O)C1O)C(=O)O. The summed E-state index contributed by atoms with van der Waals surface area (Å²) in [4.78, 5) is 125. The maximum atomic E-state index is 15.8. The summed E-state index contributed by atoms with van der Waals surface area (Å²) in [6.07, 6.45) is -20.6. The number of carboxylic acids is 2. The van der Waals surface area contributed by atoms with E-state index in [4.69, 9.17) is 67.8 Å². The van der Waals surface area contributed by atoms with E-state index >= 15 is 9.59 Å². The molecule has 5 aromatic carbocycles. The van der Waals surface area contributed by atoms with E-state index < -0.39 is 249 Å². The molecule has 0 radical (unpaired) electrons. The van der Waals surface area contributed by atoms with Gasteiger partial charge in [0.25, 0.3) is 0 Å². The van der Waals surface area contributed by atoms with Gasteiger partial charge in [0, 0.05) is 47.9 Å². The number of ether oxygens (including phenoxy) is 7. The second kappa shape index (κ2) is 36.7. The highest BCUT2D eigenvalue weighted by Crippen LogP contribution is 2.49. The molecule has 109 heavy (non-hydrogen) atoms. The molecule has 1 saturated heterocycles. The summed E-state index contributed by atoms with van der Waals surface area (Å²) >= 11 is 14.0. The Morgan fingerprint density at radius 2 is 1.37 bits per heavy atom. The maximum absolute atomic E-state index is 15.8. The number of carboxylic acid groups (broad SMARTS) is 2. The molecule has 0 spiro atoms. The Hall–Kier alpha value is -9.73. The number of rotatable bonds is 24. The lowest BCUT2D eigenvalue weighted by atomic mass is 9.90. The van der Waals surface area contributed by atoms with Crippen molar-refractivity contribution in [3.63, 3.8) is 0 Å². The first kappa shape index (κ1) is 84.9. The standard InChI is InChI=1S/C72H88Cl2N8O27/c1-8-17-103-49(69(99)100)27-77-72(6,7)64(94)30(4)104-31(5)105-63-61(93)60(92)50(28-83)108-71(63)109-62-47-21-35-22-48(62)107-46-15-12-34(20-40(46)74)59(91)58(79-52(89)16-9-29(2)3)68(98)78-41(25-51(75)88)66(96)82-56(35)67(97)81-55(65(76)95)33-10-13-42(85)37(18-33)54-38(23-36(84)24-44(54)87)57(70(101)102)80-53(90)26-43(86)32-11-14-45(106-47)39(73)19-32/h10-15,18-24,29-31,41,43,49-50,55-61,63-64,71,77,83-87,91-94H,8-9,16-17,25-28H2,1-7H3,(H2,75,88)(H2,76,95)(H,78,98)(H,79,89)(H,80,90)(H,81,97)(H,82,96)(H,99,100)(H,101,102)/t30?,31?,41-,43-,49?,50?,55+,56+,57+,58?,59+,60?,61?,63?,64?,71?/m0/s1. The summed E-state index contributed by atoms with van der Waals surface area (Å²) in [5, 5.41) is 138. The van der Waals surface area contributed by atoms with Crippen LogP contribution in [0.15, 0.2) is 78.9 Å². The number of aliphatic carboxylic acids is 2. The average Bonchev–Trinajstić information content (AvgIpc) is 0.773. The van der Waals surface area contributed by atoms with Crippen LogP contribution in [0.5, 0.6) is 46.0 Å². The van der Waals surface area contributed by atoms with Crippen molar-refractivity contribution in [2.45, 2.75) is 184 Å². The lowest BCUT2D eigenvalue weighted by Crippen LogP contribution is -2.62. The maximum Gasteiger partial charge on any atom is 0.334 e. The van der Waals surface area contributed by atoms with Crippen LogP contribution in [-0.2, 0) is 62.1 Å². The number of benzene rings is 5. The first-order chi connectivity index (χ1) is 51.3. The fourth-order valence-electron chi connectivity index (χ4n) is 12.2. The van der Waals surface area contributed by atoms with Gasteiger partial charge in [-0.1, -0.05) is 62.2 Å². The number of aromatic hydroxyl groups is 3. The third kappa shape index (κ3) is 21.0. The van der Waals surface area contributed by atoms with Crippen molar-refractivity contribution in [3.05, 3.63) is 117 Å². The van der Waals surface area contributed by atoms with Crippen LogP contribution >= 0.6 is 23.2 Å². The van der Waals surface area contributed by atoms with E-state index in [1.165, 1.54) is 26.0 Å². The number of fused-ring (bicyclic) bond motifs is 16. The van der Waals surface area contributed by atoms with Crippen LogP contribution in [0, 0.1) is 5.92 Å². The Labute approximate surface area is 633 Å². The van der Waals surface area contributed by atoms with Crippen molar-refractivity contribution < 1.29 is 132 Å². The van der Waals surface area contributed by atoms with Gasteiger partial charge in [0.2, 0.25) is 53.4 Å². The Kier molecular flexibility index (Phi) is 28.5. The van der Waals surface area contributed by atoms with Crippen molar-refractivity contribution in [2.24, 2.45) is 17.4 Å². The molecule has 37 heteroatoms. The van der Waals surface area contributed by atoms with Crippen LogP contribution in [0.4, 0.5) is 0 Å². The lowest BCUT2D eigenvalue weighted by Gasteiger charge is -2.43. The molecular weight excluding hydrogens is 1480 g/mol. The molecule has 16 atom stereocenters. The number of carbonyl (C=O) groups excluding carboxylic acids is 7. The van der Waals surface area contributed by atoms with Gasteiger partial charge in [-0.25, -0.2) is 9.59 Å². The van der Waals surface area contributed by atoms with Gasteiger partial charge in [-0.15, -0.1) is 0 Å². The Bertz CT molecular complexity index is 4210. The molecule has 0 aliphatic carbocycles. The lowest BCUT2D eigenvalue weighted by molar-refractivity contribution is -0.320. The summed E-state index contributed by atoms with van der Waals surface area (Å²) in [6, 6.07) is 2.50. The van der Waals surface area contributed by atoms with E-state index in [0.29, 0.717) is 12.8 Å². The molecular formula is C72H88Cl2N8O27. The molecule has 5 aliphatic heterocycles. The van der Waals surface area contributed by atoms with Crippen LogP contribution in [0.25, 0.3) is 11.1 Å². The molecule has 10 unspecified atom stereocenters. The van der Waals surface area contributed by atoms with Gasteiger partial charge in [-0.05, 0) is 123 Å². The quantitative estimate of drug-likeness (QED) is 0.0394. The van der Waals surface area contributed by atoms with E-state index in [1.54, 1.807) is 20.8 Å². The Morgan fingerprint density at radius 1 is 0.734 bits per heavy atom. The first-order valence-electron chi connectivity index (χ1n) is 34.4. The number of carbonyl (C=O) groups is 9. The van der Waals surface area contributed by atoms with Crippen LogP contribution < -0.4 is 57.6 Å². The van der Waals surface area contributed by atoms with Gasteiger partial charge in [-0.2, -0.15) is 0 Å². The summed E-state index contributed by atoms with van der Waals surface area (Å²) < 4.78 is 43.9. The van der Waals surface area contributed by atoms with E-state index in [0.717, 1.165) is 66.7 Å². The number of aliphatic hydroxyl groups is 6. The van der Waals surface area contributed by atoms with Crippen LogP contribution in [0.1, 0.15) is 139 Å². The highest BCUT2D eigenvalue weighted by molar-refractivity contribution is 6.32. The number of halogens is 2. The molecule has 35 nitrogen and oxygen atoms in total. The second-order valence-electron chi connectivity index (χ2n) is 27.2. The molecule has 1 fully saturated rings. The normalized spacial score (nSPS) is 23.9. The molecule has 592 valence electrons. The minimum absolute atomic E-state index is 0.0316. The highest BCUT2D eigenvalue weighted by atomic mass is 35.5. The fraction of sp³-hybridized carbons (Fsp3) is 0.458. The molecule has 21 N–H and O–H groups in total. The minimum Gasteiger partial charge on any atom is -0.508 e. The Balaban J connectivity index is 1.38. The summed E-state index contributed by atoms with van der Waals surface area (Å²) in [5.41, 5.74) is 7.58. The molecule has 0 aromatic heterocycles. The Morgan fingerprint density at radius 3 is 1.95 bits per heavy atom. The number of phenolic OH excluding ortho intramolecular Hbond substituents is 3. The molecule has 5 aromatic rings. The van der Waals surface area contributed by atoms with E-state index in [2.05, 4.69) is 31.9 Å². The topological polar surface area (TPSA) is 565 Å². The van der Waals surface area contributed by atoms with Crippen molar-refractivity contribution in [1.29, 1.82) is 0 Å². The molecule has 5 heterocycles. The van der Waals surface area contributed by atoms with Crippen molar-refractivity contribution in [1.82, 2.24) is 31.9 Å². The van der Waals surface area contributed by atoms with Crippen molar-refractivity contribution >= 4 is 76.5 Å². The van der Waals surface area contributed by atoms with Crippen LogP contribution in [0.3, 0.4) is 0 Å². The van der Waals surface area contributed by atoms with E-state index in [-0.39, 0.29) is 47.9 Å². The van der Waals surface area contributed by atoms with Crippen LogP contribution in [0.2, 0.25) is 10.0 Å². The molecule has 10 rings (SSSR count). The van der Waals surface area contributed by atoms with Crippen LogP contribution in [-0.4, -0.2) is 202 Å². The van der Waals surface area contributed by atoms with Gasteiger partial charge in [-0.3, -0.25) is 33.6 Å². The number of hydrogen-bond donors (Lipinski definition) is 19. The van der Waals surface area contributed by atoms with Gasteiger partial charge in [0.05, 0.1) is 47.8 Å². The zero-order chi connectivity index (χ0) is 80.4. The van der Waals surface area contributed by atoms with E-state index in [9.17, 15) is 89.7 Å². The van der Waals surface area contributed by atoms with Gasteiger partial charge < -0.3 is 133 Å². The molecule has 5 aliphatic rings. The third-order valence-corrected chi connectivity index (χ3v) is 18.6. The number of amides is 7. The van der Waals surface area contributed by atoms with Gasteiger partial charge in [0.1, 0.15) is 77.3 Å². The fourth-order valence-corrected chi connectivity index (χ4v) is 12.7. The van der Waals surface area contributed by atoms with Gasteiger partial charge >= 0.3 is 11.9 Å². The molecule has 9 bridgehead atoms. The first-order valence-corrected chi connectivity index (χ1v) is 35.1. The summed E-state index contributed by atoms with van der Waals surface area (Å²) in [7, 11) is 0. The van der Waals surface area contributed by atoms with E-state index in [1.807, 2.05) is 13.8 Å². The number of phenols is 3. The van der Waals surface area contributed by atoms with Crippen molar-refractivity contribution in [2.75, 3.05) is 19.8 Å². The minimum atomic E-state index is -2.35. The number of primary amides is 2. The van der Waals surface area contributed by atoms with Gasteiger partial charge in [0.15, 0.2) is 36.0 Å². The second-order valence-corrected chi connectivity index (χ2v) is 28.0. The average molecular weight is 1570 g/mol. The smallest absolute Gasteiger partial charge is 0.334 e. The number of nitrogens with one attached hydrogen (secondary N) is 6. The predicted molar refractivity (Wildman–Crippen MR) is 381 cm³/mol. The monoisotopic (exact) mass is 1570 g/mol. The summed E-state index contributed by atoms with van der Waals surface area (Å²) in [6.45, 7) is 10.1. The predicted octanol–water partition coefficient (Wildman–Crippen LogP) is 2.43. The zero-order valence-corrected chi connectivity index (χ0v) is 61.4. The zero-order valence-electron chi connectivity index (χ0n) is 59.8. The number of nitrogens with two attached hydrogens (primary N) is 2. The molecule has 7 amide bonds. The summed E-state index contributed by atoms with van der Waals surface area (Å²) in [5.74, 6) is -17.1. The third-order valence-electron chi connectivity index (χ3n) is 18.0. The highest BCUT2D eigenvalue weighted by Gasteiger charge is 2.49. The number of hydrogen-bond acceptors (Lipinski definition) is 26. The number of aliphatic hydroxyl groups excluding tert-OH is 6. The van der Waals surface area contributed by atoms with Crippen molar-refractivity contribution in [3.8, 4) is 57.1 Å².